The number of aliphatic carboxylic acids is 1. The van der Waals surface area contributed by atoms with Crippen LogP contribution in [0.5, 0.6) is 0 Å². The first-order valence-electron chi connectivity index (χ1n) is 8.59. The molecule has 1 aliphatic carbocycles. The molecule has 4 heteroatoms. The highest BCUT2D eigenvalue weighted by Gasteiger charge is 2.33. The van der Waals surface area contributed by atoms with Crippen molar-refractivity contribution in [2.24, 2.45) is 11.8 Å². The molecule has 2 rings (SSSR count). The number of carboxylic acid groups (broad SMARTS) is 1. The number of benzene rings is 1. The number of amides is 1. The Hall–Kier alpha value is -2.10. The van der Waals surface area contributed by atoms with E-state index in [1.54, 1.807) is 0 Å². The van der Waals surface area contributed by atoms with E-state index < -0.39 is 17.8 Å². The molecule has 0 saturated carbocycles. The number of carboxylic acids is 1. The van der Waals surface area contributed by atoms with Gasteiger partial charge in [-0.2, -0.15) is 0 Å². The van der Waals surface area contributed by atoms with Gasteiger partial charge in [-0.05, 0) is 52.0 Å². The van der Waals surface area contributed by atoms with Gasteiger partial charge in [-0.3, -0.25) is 4.79 Å². The molecule has 0 unspecified atom stereocenters. The average molecular weight is 328 g/mol. The molecule has 1 aliphatic rings. The average Bonchev–Trinajstić information content (AvgIpc) is 2.55. The Balaban J connectivity index is 1.93. The maximum Gasteiger partial charge on any atom is 0.224 e. The van der Waals surface area contributed by atoms with Crippen LogP contribution >= 0.6 is 0 Å². The molecule has 0 aliphatic heterocycles. The summed E-state index contributed by atoms with van der Waals surface area (Å²) in [4.78, 5) is 24.0. The molecule has 1 amide bonds. The lowest BCUT2D eigenvalue weighted by Crippen LogP contribution is -2.46. The molecule has 0 fully saturated rings. The molecular formula is C20H26NO3-. The number of aryl methyl sites for hydroxylation is 1. The van der Waals surface area contributed by atoms with Crippen LogP contribution in [0.1, 0.15) is 45.6 Å². The molecule has 0 radical (unpaired) electrons. The Kier molecular flexibility index (Phi) is 6.18. The van der Waals surface area contributed by atoms with Crippen LogP contribution in [0.15, 0.2) is 41.5 Å². The van der Waals surface area contributed by atoms with Crippen LogP contribution in [-0.2, 0) is 16.0 Å². The van der Waals surface area contributed by atoms with Crippen LogP contribution < -0.4 is 10.4 Å². The van der Waals surface area contributed by atoms with E-state index in [1.165, 1.54) is 5.56 Å². The van der Waals surface area contributed by atoms with Crippen LogP contribution in [0.2, 0.25) is 0 Å². The Bertz CT molecular complexity index is 621. The van der Waals surface area contributed by atoms with Gasteiger partial charge in [0.2, 0.25) is 5.91 Å². The van der Waals surface area contributed by atoms with Crippen molar-refractivity contribution in [3.63, 3.8) is 0 Å². The van der Waals surface area contributed by atoms with E-state index in [0.29, 0.717) is 12.8 Å². The van der Waals surface area contributed by atoms with Crippen LogP contribution in [0.25, 0.3) is 0 Å². The van der Waals surface area contributed by atoms with Crippen molar-refractivity contribution < 1.29 is 14.7 Å². The van der Waals surface area contributed by atoms with E-state index in [2.05, 4.69) is 17.4 Å². The number of nitrogens with one attached hydrogen (secondary N) is 1. The predicted molar refractivity (Wildman–Crippen MR) is 92.0 cm³/mol. The van der Waals surface area contributed by atoms with E-state index >= 15 is 0 Å². The minimum atomic E-state index is -1.13. The van der Waals surface area contributed by atoms with Gasteiger partial charge in [-0.25, -0.2) is 0 Å². The lowest BCUT2D eigenvalue weighted by Gasteiger charge is -2.33. The van der Waals surface area contributed by atoms with Gasteiger partial charge in [0.05, 0.1) is 0 Å². The Morgan fingerprint density at radius 3 is 2.29 bits per heavy atom. The summed E-state index contributed by atoms with van der Waals surface area (Å²) in [7, 11) is 0. The minimum Gasteiger partial charge on any atom is -0.550 e. The molecule has 130 valence electrons. The van der Waals surface area contributed by atoms with Crippen molar-refractivity contribution >= 4 is 11.9 Å². The highest BCUT2D eigenvalue weighted by Crippen LogP contribution is 2.34. The smallest absolute Gasteiger partial charge is 0.224 e. The number of allylic oxidation sites excluding steroid dienone is 2. The van der Waals surface area contributed by atoms with Gasteiger partial charge in [0, 0.05) is 23.8 Å². The van der Waals surface area contributed by atoms with Crippen molar-refractivity contribution in [3.8, 4) is 0 Å². The first kappa shape index (κ1) is 18.2. The third-order valence-electron chi connectivity index (χ3n) is 5.00. The van der Waals surface area contributed by atoms with Gasteiger partial charge in [0.25, 0.3) is 0 Å². The summed E-state index contributed by atoms with van der Waals surface area (Å²) in [6.45, 7) is 5.87. The maximum atomic E-state index is 12.6. The number of hydrogen-bond donors (Lipinski definition) is 1. The van der Waals surface area contributed by atoms with E-state index in [4.69, 9.17) is 0 Å². The lowest BCUT2D eigenvalue weighted by molar-refractivity contribution is -0.313. The van der Waals surface area contributed by atoms with Crippen LogP contribution in [0.4, 0.5) is 0 Å². The van der Waals surface area contributed by atoms with Crippen LogP contribution in [0, 0.1) is 11.8 Å². The van der Waals surface area contributed by atoms with Gasteiger partial charge < -0.3 is 15.2 Å². The summed E-state index contributed by atoms with van der Waals surface area (Å²) < 4.78 is 0. The van der Waals surface area contributed by atoms with Gasteiger partial charge in [-0.15, -0.1) is 0 Å². The zero-order chi connectivity index (χ0) is 17.7. The molecule has 1 aromatic rings. The zero-order valence-corrected chi connectivity index (χ0v) is 14.7. The van der Waals surface area contributed by atoms with Crippen LogP contribution in [-0.4, -0.2) is 17.9 Å². The summed E-state index contributed by atoms with van der Waals surface area (Å²) >= 11 is 0. The van der Waals surface area contributed by atoms with Crippen molar-refractivity contribution in [2.75, 3.05) is 0 Å². The molecule has 3 atom stereocenters. The Morgan fingerprint density at radius 1 is 1.12 bits per heavy atom. The van der Waals surface area contributed by atoms with E-state index in [0.717, 1.165) is 24.0 Å². The number of carbonyl (C=O) groups is 2. The third-order valence-corrected chi connectivity index (χ3v) is 5.00. The second-order valence-corrected chi connectivity index (χ2v) is 6.93. The third kappa shape index (κ3) is 4.70. The quantitative estimate of drug-likeness (QED) is 0.814. The van der Waals surface area contributed by atoms with Crippen LogP contribution in [0.3, 0.4) is 0 Å². The Morgan fingerprint density at radius 2 is 1.71 bits per heavy atom. The fraction of sp³-hybridized carbons (Fsp3) is 0.500. The molecule has 0 heterocycles. The standard InChI is InChI=1S/C20H27NO3/c1-13-11-17(18(20(23)24)12-14(13)2)19(22)21-15(3)9-10-16-7-5-4-6-8-16/h4-8,15,17-18H,9-12H2,1-3H3,(H,21,22)(H,23,24)/p-1/t15-,17+,18-/m0/s1. The molecule has 0 aromatic heterocycles. The van der Waals surface area contributed by atoms with Crippen molar-refractivity contribution in [2.45, 2.75) is 52.5 Å². The second kappa shape index (κ2) is 8.13. The molecule has 4 nitrogen and oxygen atoms in total. The highest BCUT2D eigenvalue weighted by molar-refractivity contribution is 5.85. The first-order valence-corrected chi connectivity index (χ1v) is 8.59. The first-order chi connectivity index (χ1) is 11.4. The van der Waals surface area contributed by atoms with E-state index in [-0.39, 0.29) is 11.9 Å². The number of carbonyl (C=O) groups excluding carboxylic acids is 2. The fourth-order valence-electron chi connectivity index (χ4n) is 3.27. The summed E-state index contributed by atoms with van der Waals surface area (Å²) in [5, 5.41) is 14.4. The minimum absolute atomic E-state index is 0.00687. The van der Waals surface area contributed by atoms with Gasteiger partial charge in [0.1, 0.15) is 0 Å². The molecule has 0 bridgehead atoms. The fourth-order valence-corrected chi connectivity index (χ4v) is 3.27. The van der Waals surface area contributed by atoms with E-state index in [1.807, 2.05) is 39.0 Å². The van der Waals surface area contributed by atoms with Crippen molar-refractivity contribution in [1.82, 2.24) is 5.32 Å². The topological polar surface area (TPSA) is 69.2 Å². The number of rotatable bonds is 6. The Labute approximate surface area is 144 Å². The second-order valence-electron chi connectivity index (χ2n) is 6.93. The maximum absolute atomic E-state index is 12.6. The van der Waals surface area contributed by atoms with Gasteiger partial charge in [0.15, 0.2) is 0 Å². The predicted octanol–water partition coefficient (Wildman–Crippen LogP) is 2.24. The summed E-state index contributed by atoms with van der Waals surface area (Å²) in [6.07, 6.45) is 2.62. The van der Waals surface area contributed by atoms with Crippen molar-refractivity contribution in [1.29, 1.82) is 0 Å². The van der Waals surface area contributed by atoms with Crippen molar-refractivity contribution in [3.05, 3.63) is 47.0 Å². The SMILES string of the molecule is CC1=C(C)C[C@@H](C(=O)N[C@@H](C)CCc2ccccc2)[C@@H](C(=O)[O-])C1. The van der Waals surface area contributed by atoms with E-state index in [9.17, 15) is 14.7 Å². The molecular weight excluding hydrogens is 302 g/mol. The molecule has 24 heavy (non-hydrogen) atoms. The summed E-state index contributed by atoms with van der Waals surface area (Å²) in [6, 6.07) is 10.1. The molecule has 1 N–H and O–H groups in total. The molecule has 1 aromatic carbocycles. The van der Waals surface area contributed by atoms with Gasteiger partial charge >= 0.3 is 0 Å². The largest absolute Gasteiger partial charge is 0.550 e. The van der Waals surface area contributed by atoms with Gasteiger partial charge in [-0.1, -0.05) is 41.5 Å². The normalized spacial score (nSPS) is 22.1. The zero-order valence-electron chi connectivity index (χ0n) is 14.7. The monoisotopic (exact) mass is 328 g/mol. The molecule has 0 saturated heterocycles. The highest BCUT2D eigenvalue weighted by atomic mass is 16.4. The summed E-state index contributed by atoms with van der Waals surface area (Å²) in [5.74, 6) is -2.55. The molecule has 0 spiro atoms. The lowest BCUT2D eigenvalue weighted by atomic mass is 9.76. The summed E-state index contributed by atoms with van der Waals surface area (Å²) in [5.41, 5.74) is 3.41. The number of hydrogen-bond acceptors (Lipinski definition) is 3.